The van der Waals surface area contributed by atoms with Gasteiger partial charge in [0.05, 0.1) is 0 Å². The Labute approximate surface area is 107 Å². The lowest BCUT2D eigenvalue weighted by molar-refractivity contribution is 0.0766. The fourth-order valence-electron chi connectivity index (χ4n) is 2.55. The molecule has 102 valence electrons. The molecule has 0 radical (unpaired) electrons. The van der Waals surface area contributed by atoms with E-state index in [9.17, 15) is 5.11 Å². The van der Waals surface area contributed by atoms with E-state index >= 15 is 0 Å². The molecule has 0 atom stereocenters. The van der Waals surface area contributed by atoms with Gasteiger partial charge in [-0.1, -0.05) is 47.0 Å². The van der Waals surface area contributed by atoms with Gasteiger partial charge in [-0.3, -0.25) is 0 Å². The first kappa shape index (κ1) is 15.0. The van der Waals surface area contributed by atoms with Crippen molar-refractivity contribution in [1.29, 1.82) is 0 Å². The highest BCUT2D eigenvalue weighted by Gasteiger charge is 2.32. The van der Waals surface area contributed by atoms with Crippen LogP contribution >= 0.6 is 0 Å². The zero-order valence-corrected chi connectivity index (χ0v) is 12.2. The van der Waals surface area contributed by atoms with Crippen LogP contribution in [0.5, 0.6) is 0 Å². The fraction of sp³-hybridized carbons (Fsp3) is 1.00. The Morgan fingerprint density at radius 1 is 1.18 bits per heavy atom. The van der Waals surface area contributed by atoms with Crippen LogP contribution in [0.2, 0.25) is 0 Å². The minimum absolute atomic E-state index is 0.172. The van der Waals surface area contributed by atoms with Gasteiger partial charge >= 0.3 is 0 Å². The molecule has 1 saturated carbocycles. The summed E-state index contributed by atoms with van der Waals surface area (Å²) in [5.41, 5.74) is 0.511. The normalized spacial score (nSPS) is 20.8. The smallest absolute Gasteiger partial charge is 0.0499 e. The summed E-state index contributed by atoms with van der Waals surface area (Å²) >= 11 is 0. The number of aliphatic hydroxyl groups excluding tert-OH is 1. The number of nitrogens with one attached hydrogen (secondary N) is 1. The highest BCUT2D eigenvalue weighted by molar-refractivity contribution is 4.85. The average Bonchev–Trinajstić information content (AvgIpc) is 2.30. The molecule has 0 amide bonds. The zero-order chi connectivity index (χ0) is 12.9. The van der Waals surface area contributed by atoms with Gasteiger partial charge in [-0.25, -0.2) is 0 Å². The Morgan fingerprint density at radius 2 is 1.76 bits per heavy atom. The van der Waals surface area contributed by atoms with Gasteiger partial charge in [0.1, 0.15) is 0 Å². The molecule has 0 unspecified atom stereocenters. The van der Waals surface area contributed by atoms with E-state index in [0.717, 1.165) is 13.1 Å². The third-order valence-electron chi connectivity index (χ3n) is 4.89. The van der Waals surface area contributed by atoms with Crippen LogP contribution in [-0.4, -0.2) is 24.8 Å². The summed E-state index contributed by atoms with van der Waals surface area (Å²) in [5, 5.41) is 13.2. The number of aliphatic hydroxyl groups is 1. The van der Waals surface area contributed by atoms with Crippen molar-refractivity contribution in [3.63, 3.8) is 0 Å². The van der Waals surface area contributed by atoms with Gasteiger partial charge in [-0.15, -0.1) is 0 Å². The van der Waals surface area contributed by atoms with Gasteiger partial charge in [0, 0.05) is 25.1 Å². The van der Waals surface area contributed by atoms with Crippen LogP contribution in [-0.2, 0) is 0 Å². The predicted octanol–water partition coefficient (Wildman–Crippen LogP) is 3.20. The Hall–Kier alpha value is -0.0800. The van der Waals surface area contributed by atoms with Gasteiger partial charge in [0.2, 0.25) is 0 Å². The molecule has 0 heterocycles. The van der Waals surface area contributed by atoms with Crippen molar-refractivity contribution in [2.75, 3.05) is 19.7 Å². The maximum atomic E-state index is 9.64. The maximum Gasteiger partial charge on any atom is 0.0499 e. The van der Waals surface area contributed by atoms with Gasteiger partial charge in [-0.05, 0) is 24.2 Å². The minimum atomic E-state index is 0.172. The lowest BCUT2D eigenvalue weighted by atomic mass is 9.74. The number of hydrogen-bond acceptors (Lipinski definition) is 2. The van der Waals surface area contributed by atoms with Crippen LogP contribution < -0.4 is 5.32 Å². The molecule has 0 spiro atoms. The van der Waals surface area contributed by atoms with Crippen LogP contribution in [0.25, 0.3) is 0 Å². The van der Waals surface area contributed by atoms with Crippen LogP contribution in [0.1, 0.15) is 59.8 Å². The second kappa shape index (κ2) is 6.19. The summed E-state index contributed by atoms with van der Waals surface area (Å²) in [5.74, 6) is 0.687. The van der Waals surface area contributed by atoms with Crippen molar-refractivity contribution in [2.24, 2.45) is 16.7 Å². The van der Waals surface area contributed by atoms with Crippen molar-refractivity contribution in [3.8, 4) is 0 Å². The molecule has 1 aliphatic rings. The standard InChI is InChI=1S/C15H31NO/c1-13(2)14(3,4)10-16-11-15(12-17)8-6-5-7-9-15/h13,16-17H,5-12H2,1-4H3. The first-order valence-electron chi connectivity index (χ1n) is 7.23. The summed E-state index contributed by atoms with van der Waals surface area (Å²) in [6.45, 7) is 11.6. The maximum absolute atomic E-state index is 9.64. The second-order valence-electron chi connectivity index (χ2n) is 6.97. The molecule has 0 aliphatic heterocycles. The topological polar surface area (TPSA) is 32.3 Å². The molecule has 0 aromatic carbocycles. The molecule has 2 nitrogen and oxygen atoms in total. The molecule has 1 rings (SSSR count). The number of hydrogen-bond donors (Lipinski definition) is 2. The SMILES string of the molecule is CC(C)C(C)(C)CNCC1(CO)CCCCC1. The van der Waals surface area contributed by atoms with E-state index in [-0.39, 0.29) is 5.41 Å². The highest BCUT2D eigenvalue weighted by atomic mass is 16.3. The number of rotatable bonds is 6. The van der Waals surface area contributed by atoms with Crippen LogP contribution in [0.4, 0.5) is 0 Å². The van der Waals surface area contributed by atoms with E-state index in [0.29, 0.717) is 17.9 Å². The fourth-order valence-corrected chi connectivity index (χ4v) is 2.55. The lowest BCUT2D eigenvalue weighted by Crippen LogP contribution is -2.43. The molecular weight excluding hydrogens is 210 g/mol. The van der Waals surface area contributed by atoms with Gasteiger partial charge < -0.3 is 10.4 Å². The summed E-state index contributed by atoms with van der Waals surface area (Å²) in [7, 11) is 0. The van der Waals surface area contributed by atoms with E-state index in [1.54, 1.807) is 0 Å². The predicted molar refractivity (Wildman–Crippen MR) is 74.1 cm³/mol. The van der Waals surface area contributed by atoms with E-state index in [1.807, 2.05) is 0 Å². The molecular formula is C15H31NO. The summed E-state index contributed by atoms with van der Waals surface area (Å²) < 4.78 is 0. The van der Waals surface area contributed by atoms with E-state index in [4.69, 9.17) is 0 Å². The third kappa shape index (κ3) is 4.26. The monoisotopic (exact) mass is 241 g/mol. The van der Waals surface area contributed by atoms with E-state index in [2.05, 4.69) is 33.0 Å². The Bertz CT molecular complexity index is 217. The van der Waals surface area contributed by atoms with Crippen molar-refractivity contribution >= 4 is 0 Å². The van der Waals surface area contributed by atoms with Crippen LogP contribution in [0.15, 0.2) is 0 Å². The summed E-state index contributed by atoms with van der Waals surface area (Å²) in [6.07, 6.45) is 6.31. The van der Waals surface area contributed by atoms with Crippen molar-refractivity contribution in [3.05, 3.63) is 0 Å². The van der Waals surface area contributed by atoms with Crippen molar-refractivity contribution < 1.29 is 5.11 Å². The van der Waals surface area contributed by atoms with E-state index in [1.165, 1.54) is 32.1 Å². The van der Waals surface area contributed by atoms with E-state index < -0.39 is 0 Å². The molecule has 0 saturated heterocycles. The largest absolute Gasteiger partial charge is 0.396 e. The molecule has 0 bridgehead atoms. The van der Waals surface area contributed by atoms with Gasteiger partial charge in [0.25, 0.3) is 0 Å². The van der Waals surface area contributed by atoms with Crippen molar-refractivity contribution in [2.45, 2.75) is 59.8 Å². The Balaban J connectivity index is 2.38. The molecule has 17 heavy (non-hydrogen) atoms. The summed E-state index contributed by atoms with van der Waals surface area (Å²) in [6, 6.07) is 0. The van der Waals surface area contributed by atoms with Gasteiger partial charge in [-0.2, -0.15) is 0 Å². The zero-order valence-electron chi connectivity index (χ0n) is 12.2. The van der Waals surface area contributed by atoms with Crippen molar-refractivity contribution in [1.82, 2.24) is 5.32 Å². The second-order valence-corrected chi connectivity index (χ2v) is 6.97. The Kier molecular flexibility index (Phi) is 5.46. The molecule has 2 N–H and O–H groups in total. The molecule has 0 aromatic heterocycles. The van der Waals surface area contributed by atoms with Gasteiger partial charge in [0.15, 0.2) is 0 Å². The quantitative estimate of drug-likeness (QED) is 0.748. The first-order valence-corrected chi connectivity index (χ1v) is 7.23. The lowest BCUT2D eigenvalue weighted by Gasteiger charge is -2.38. The first-order chi connectivity index (χ1) is 7.92. The molecule has 2 heteroatoms. The molecule has 1 aliphatic carbocycles. The highest BCUT2D eigenvalue weighted by Crippen LogP contribution is 2.35. The molecule has 1 fully saturated rings. The average molecular weight is 241 g/mol. The minimum Gasteiger partial charge on any atom is -0.396 e. The summed E-state index contributed by atoms with van der Waals surface area (Å²) in [4.78, 5) is 0. The van der Waals surface area contributed by atoms with Crippen LogP contribution in [0, 0.1) is 16.7 Å². The Morgan fingerprint density at radius 3 is 2.24 bits per heavy atom. The third-order valence-corrected chi connectivity index (χ3v) is 4.89. The van der Waals surface area contributed by atoms with Crippen LogP contribution in [0.3, 0.4) is 0 Å². The molecule has 0 aromatic rings.